The minimum atomic E-state index is 0.0598. The molecule has 0 aliphatic carbocycles. The Morgan fingerprint density at radius 2 is 2.00 bits per heavy atom. The Kier molecular flexibility index (Phi) is 5.67. The molecule has 0 radical (unpaired) electrons. The number of rotatable bonds is 6. The molecule has 18 heavy (non-hydrogen) atoms. The third-order valence-electron chi connectivity index (χ3n) is 3.17. The van der Waals surface area contributed by atoms with Crippen molar-refractivity contribution in [2.75, 3.05) is 11.4 Å². The van der Waals surface area contributed by atoms with Gasteiger partial charge in [0.2, 0.25) is 0 Å². The molecule has 1 aromatic rings. The fraction of sp³-hybridized carbons (Fsp3) is 0.533. The second-order valence-electron chi connectivity index (χ2n) is 4.77. The van der Waals surface area contributed by atoms with Crippen LogP contribution in [0.4, 0.5) is 5.69 Å². The van der Waals surface area contributed by atoms with Crippen LogP contribution in [0.25, 0.3) is 0 Å². The molecular formula is C15H23N3. The number of hydrogen-bond acceptors (Lipinski definition) is 3. The van der Waals surface area contributed by atoms with Crippen molar-refractivity contribution < 1.29 is 0 Å². The summed E-state index contributed by atoms with van der Waals surface area (Å²) >= 11 is 0. The third kappa shape index (κ3) is 3.48. The van der Waals surface area contributed by atoms with E-state index in [9.17, 15) is 0 Å². The Morgan fingerprint density at radius 3 is 2.56 bits per heavy atom. The molecular weight excluding hydrogens is 222 g/mol. The molecule has 2 N–H and O–H groups in total. The number of nitrogens with two attached hydrogens (primary N) is 1. The molecule has 0 amide bonds. The summed E-state index contributed by atoms with van der Waals surface area (Å²) in [4.78, 5) is 2.26. The molecule has 0 aromatic heterocycles. The van der Waals surface area contributed by atoms with Crippen molar-refractivity contribution in [3.63, 3.8) is 0 Å². The molecule has 3 heteroatoms. The summed E-state index contributed by atoms with van der Waals surface area (Å²) in [5.74, 6) is 0. The van der Waals surface area contributed by atoms with E-state index in [2.05, 4.69) is 43.9 Å². The first-order chi connectivity index (χ1) is 8.61. The molecule has 0 saturated carbocycles. The first-order valence-electron chi connectivity index (χ1n) is 6.59. The third-order valence-corrected chi connectivity index (χ3v) is 3.17. The van der Waals surface area contributed by atoms with E-state index in [-0.39, 0.29) is 6.04 Å². The number of hydrogen-bond donors (Lipinski definition) is 1. The predicted octanol–water partition coefficient (Wildman–Crippen LogP) is 3.22. The first kappa shape index (κ1) is 14.5. The van der Waals surface area contributed by atoms with Crippen LogP contribution in [0.15, 0.2) is 24.3 Å². The van der Waals surface area contributed by atoms with Gasteiger partial charge in [-0.05, 0) is 31.9 Å². The molecule has 0 fully saturated rings. The van der Waals surface area contributed by atoms with Crippen LogP contribution < -0.4 is 10.6 Å². The molecule has 0 bridgehead atoms. The van der Waals surface area contributed by atoms with Crippen LogP contribution in [-0.2, 0) is 0 Å². The van der Waals surface area contributed by atoms with E-state index in [1.54, 1.807) is 0 Å². The number of nitrogens with zero attached hydrogens (tertiary/aromatic N) is 2. The Hall–Kier alpha value is -1.53. The summed E-state index contributed by atoms with van der Waals surface area (Å²) in [6.07, 6.45) is 1.45. The lowest BCUT2D eigenvalue weighted by molar-refractivity contribution is 0.657. The minimum absolute atomic E-state index is 0.0598. The van der Waals surface area contributed by atoms with Crippen molar-refractivity contribution in [2.45, 2.75) is 45.7 Å². The molecule has 0 heterocycles. The van der Waals surface area contributed by atoms with Gasteiger partial charge < -0.3 is 10.6 Å². The molecule has 0 spiro atoms. The van der Waals surface area contributed by atoms with E-state index in [1.807, 2.05) is 12.1 Å². The van der Waals surface area contributed by atoms with Gasteiger partial charge in [0.15, 0.2) is 0 Å². The number of nitriles is 1. The summed E-state index contributed by atoms with van der Waals surface area (Å²) in [5.41, 5.74) is 8.51. The summed E-state index contributed by atoms with van der Waals surface area (Å²) in [5, 5.41) is 8.77. The van der Waals surface area contributed by atoms with Crippen molar-refractivity contribution in [3.8, 4) is 6.07 Å². The van der Waals surface area contributed by atoms with E-state index in [0.29, 0.717) is 12.5 Å². The first-order valence-corrected chi connectivity index (χ1v) is 6.59. The van der Waals surface area contributed by atoms with Gasteiger partial charge in [-0.15, -0.1) is 0 Å². The number of para-hydroxylation sites is 1. The molecule has 0 aliphatic heterocycles. The molecule has 98 valence electrons. The fourth-order valence-corrected chi connectivity index (χ4v) is 2.11. The quantitative estimate of drug-likeness (QED) is 0.837. The van der Waals surface area contributed by atoms with E-state index >= 15 is 0 Å². The summed E-state index contributed by atoms with van der Waals surface area (Å²) in [6, 6.07) is 10.9. The summed E-state index contributed by atoms with van der Waals surface area (Å²) < 4.78 is 0. The van der Waals surface area contributed by atoms with Crippen LogP contribution in [0.3, 0.4) is 0 Å². The summed E-state index contributed by atoms with van der Waals surface area (Å²) in [6.45, 7) is 7.13. The summed E-state index contributed by atoms with van der Waals surface area (Å²) in [7, 11) is 0. The topological polar surface area (TPSA) is 53.0 Å². The van der Waals surface area contributed by atoms with Crippen LogP contribution in [0.1, 0.15) is 45.2 Å². The van der Waals surface area contributed by atoms with E-state index in [4.69, 9.17) is 11.0 Å². The molecule has 1 aromatic carbocycles. The highest BCUT2D eigenvalue weighted by molar-refractivity contribution is 5.55. The molecule has 0 saturated heterocycles. The second-order valence-corrected chi connectivity index (χ2v) is 4.77. The fourth-order valence-electron chi connectivity index (χ4n) is 2.11. The zero-order chi connectivity index (χ0) is 13.5. The molecule has 1 atom stereocenters. The van der Waals surface area contributed by atoms with Crippen LogP contribution >= 0.6 is 0 Å². The van der Waals surface area contributed by atoms with Crippen molar-refractivity contribution in [3.05, 3.63) is 29.8 Å². The second kappa shape index (κ2) is 7.03. The standard InChI is InChI=1S/C15H23N3/c1-4-14(17)13-8-5-6-9-15(13)18(12(2)3)11-7-10-16/h5-6,8-9,12,14H,4,7,11,17H2,1-3H3/t14-/m0/s1. The Labute approximate surface area is 110 Å². The van der Waals surface area contributed by atoms with Gasteiger partial charge in [-0.25, -0.2) is 0 Å². The van der Waals surface area contributed by atoms with Crippen LogP contribution in [0, 0.1) is 11.3 Å². The normalized spacial score (nSPS) is 12.2. The Morgan fingerprint density at radius 1 is 1.33 bits per heavy atom. The van der Waals surface area contributed by atoms with Gasteiger partial charge in [-0.3, -0.25) is 0 Å². The van der Waals surface area contributed by atoms with Gasteiger partial charge in [0, 0.05) is 24.3 Å². The maximum absolute atomic E-state index is 8.77. The monoisotopic (exact) mass is 245 g/mol. The van der Waals surface area contributed by atoms with Crippen LogP contribution in [-0.4, -0.2) is 12.6 Å². The lowest BCUT2D eigenvalue weighted by Crippen LogP contribution is -2.33. The lowest BCUT2D eigenvalue weighted by atomic mass is 10.0. The largest absolute Gasteiger partial charge is 0.368 e. The van der Waals surface area contributed by atoms with E-state index in [0.717, 1.165) is 18.7 Å². The van der Waals surface area contributed by atoms with E-state index < -0.39 is 0 Å². The SMILES string of the molecule is CC[C@H](N)c1ccccc1N(CCC#N)C(C)C. The molecule has 1 rings (SSSR count). The van der Waals surface area contributed by atoms with Gasteiger partial charge in [-0.2, -0.15) is 5.26 Å². The van der Waals surface area contributed by atoms with E-state index in [1.165, 1.54) is 5.56 Å². The maximum Gasteiger partial charge on any atom is 0.0640 e. The zero-order valence-electron chi connectivity index (χ0n) is 11.6. The highest BCUT2D eigenvalue weighted by Crippen LogP contribution is 2.28. The lowest BCUT2D eigenvalue weighted by Gasteiger charge is -2.31. The smallest absolute Gasteiger partial charge is 0.0640 e. The van der Waals surface area contributed by atoms with Crippen LogP contribution in [0.2, 0.25) is 0 Å². The number of anilines is 1. The van der Waals surface area contributed by atoms with Crippen molar-refractivity contribution in [2.24, 2.45) is 5.73 Å². The highest BCUT2D eigenvalue weighted by atomic mass is 15.2. The molecule has 3 nitrogen and oxygen atoms in total. The minimum Gasteiger partial charge on any atom is -0.368 e. The Bertz CT molecular complexity index is 406. The zero-order valence-corrected chi connectivity index (χ0v) is 11.6. The van der Waals surface area contributed by atoms with Gasteiger partial charge in [0.25, 0.3) is 0 Å². The Balaban J connectivity index is 3.07. The van der Waals surface area contributed by atoms with Crippen molar-refractivity contribution in [1.82, 2.24) is 0 Å². The highest BCUT2D eigenvalue weighted by Gasteiger charge is 2.16. The van der Waals surface area contributed by atoms with Gasteiger partial charge in [0.1, 0.15) is 0 Å². The average molecular weight is 245 g/mol. The van der Waals surface area contributed by atoms with Crippen molar-refractivity contribution in [1.29, 1.82) is 5.26 Å². The predicted molar refractivity (Wildman–Crippen MR) is 76.4 cm³/mol. The van der Waals surface area contributed by atoms with Gasteiger partial charge in [0.05, 0.1) is 12.5 Å². The van der Waals surface area contributed by atoms with Crippen LogP contribution in [0.5, 0.6) is 0 Å². The van der Waals surface area contributed by atoms with Crippen molar-refractivity contribution >= 4 is 5.69 Å². The van der Waals surface area contributed by atoms with Gasteiger partial charge >= 0.3 is 0 Å². The maximum atomic E-state index is 8.77. The average Bonchev–Trinajstić information content (AvgIpc) is 2.38. The molecule has 0 aliphatic rings. The number of benzene rings is 1. The van der Waals surface area contributed by atoms with Gasteiger partial charge in [-0.1, -0.05) is 25.1 Å². The molecule has 0 unspecified atom stereocenters.